The third-order valence-corrected chi connectivity index (χ3v) is 3.90. The summed E-state index contributed by atoms with van der Waals surface area (Å²) in [5.74, 6) is 0. The van der Waals surface area contributed by atoms with Gasteiger partial charge in [0.15, 0.2) is 0 Å². The van der Waals surface area contributed by atoms with Crippen molar-refractivity contribution in [1.82, 2.24) is 10.3 Å². The quantitative estimate of drug-likeness (QED) is 0.729. The normalized spacial score (nSPS) is 11.1. The van der Waals surface area contributed by atoms with E-state index in [0.29, 0.717) is 0 Å². The van der Waals surface area contributed by atoms with Gasteiger partial charge in [0.05, 0.1) is 5.02 Å². The number of halogens is 1. The molecule has 0 unspecified atom stereocenters. The number of benzene rings is 2. The number of aromatic amines is 1. The van der Waals surface area contributed by atoms with Crippen molar-refractivity contribution in [3.63, 3.8) is 0 Å². The van der Waals surface area contributed by atoms with Crippen LogP contribution < -0.4 is 5.32 Å². The van der Waals surface area contributed by atoms with Crippen LogP contribution in [0, 0.1) is 6.92 Å². The van der Waals surface area contributed by atoms with Gasteiger partial charge in [-0.15, -0.1) is 0 Å². The van der Waals surface area contributed by atoms with Crippen LogP contribution in [-0.2, 0) is 13.1 Å². The Morgan fingerprint density at radius 3 is 2.50 bits per heavy atom. The van der Waals surface area contributed by atoms with Crippen LogP contribution in [0.5, 0.6) is 0 Å². The summed E-state index contributed by atoms with van der Waals surface area (Å²) in [6, 6.07) is 16.7. The van der Waals surface area contributed by atoms with E-state index in [1.807, 2.05) is 24.3 Å². The summed E-state index contributed by atoms with van der Waals surface area (Å²) < 4.78 is 0. The molecule has 3 rings (SSSR count). The first-order valence-corrected chi connectivity index (χ1v) is 7.13. The van der Waals surface area contributed by atoms with Crippen molar-refractivity contribution < 1.29 is 0 Å². The molecule has 1 heterocycles. The van der Waals surface area contributed by atoms with Gasteiger partial charge in [0.25, 0.3) is 0 Å². The predicted molar refractivity (Wildman–Crippen MR) is 85.0 cm³/mol. The van der Waals surface area contributed by atoms with Gasteiger partial charge in [-0.1, -0.05) is 59.6 Å². The molecule has 102 valence electrons. The molecule has 2 N–H and O–H groups in total. The van der Waals surface area contributed by atoms with Crippen LogP contribution in [0.2, 0.25) is 5.02 Å². The summed E-state index contributed by atoms with van der Waals surface area (Å²) in [5.41, 5.74) is 4.69. The summed E-state index contributed by atoms with van der Waals surface area (Å²) in [6.07, 6.45) is 0. The van der Waals surface area contributed by atoms with E-state index in [4.69, 9.17) is 11.6 Å². The van der Waals surface area contributed by atoms with Crippen molar-refractivity contribution in [2.24, 2.45) is 0 Å². The van der Waals surface area contributed by atoms with E-state index in [9.17, 15) is 0 Å². The van der Waals surface area contributed by atoms with Gasteiger partial charge in [0.2, 0.25) is 0 Å². The number of hydrogen-bond donors (Lipinski definition) is 2. The largest absolute Gasteiger partial charge is 0.356 e. The molecule has 2 nitrogen and oxygen atoms in total. The monoisotopic (exact) mass is 284 g/mol. The Morgan fingerprint density at radius 1 is 1.00 bits per heavy atom. The fourth-order valence-corrected chi connectivity index (χ4v) is 2.60. The number of aryl methyl sites for hydroxylation is 1. The first kappa shape index (κ1) is 13.2. The highest BCUT2D eigenvalue weighted by atomic mass is 35.5. The molecule has 0 aliphatic heterocycles. The zero-order chi connectivity index (χ0) is 13.9. The molecule has 0 radical (unpaired) electrons. The van der Waals surface area contributed by atoms with Crippen LogP contribution in [-0.4, -0.2) is 4.98 Å². The predicted octanol–water partition coefficient (Wildman–Crippen LogP) is 4.42. The van der Waals surface area contributed by atoms with Crippen molar-refractivity contribution in [2.45, 2.75) is 20.0 Å². The lowest BCUT2D eigenvalue weighted by Crippen LogP contribution is -2.13. The average molecular weight is 285 g/mol. The van der Waals surface area contributed by atoms with E-state index >= 15 is 0 Å². The first-order chi connectivity index (χ1) is 9.74. The standard InChI is InChI=1S/C17H17ClN2/c1-12-6-8-13(9-7-12)10-19-11-16-17(18)14-4-2-3-5-15(14)20-16/h2-9,19-20H,10-11H2,1H3. The second-order valence-electron chi connectivity index (χ2n) is 5.05. The molecule has 3 heteroatoms. The Hall–Kier alpha value is -1.77. The molecule has 2 aromatic carbocycles. The highest BCUT2D eigenvalue weighted by molar-refractivity contribution is 6.36. The van der Waals surface area contributed by atoms with Gasteiger partial charge >= 0.3 is 0 Å². The van der Waals surface area contributed by atoms with Crippen molar-refractivity contribution >= 4 is 22.5 Å². The van der Waals surface area contributed by atoms with Gasteiger partial charge in [-0.25, -0.2) is 0 Å². The minimum Gasteiger partial charge on any atom is -0.356 e. The van der Waals surface area contributed by atoms with E-state index in [2.05, 4.69) is 41.5 Å². The summed E-state index contributed by atoms with van der Waals surface area (Å²) in [6.45, 7) is 3.68. The van der Waals surface area contributed by atoms with E-state index in [-0.39, 0.29) is 0 Å². The van der Waals surface area contributed by atoms with Crippen molar-refractivity contribution in [3.05, 3.63) is 70.4 Å². The van der Waals surface area contributed by atoms with E-state index < -0.39 is 0 Å². The fraction of sp³-hybridized carbons (Fsp3) is 0.176. The van der Waals surface area contributed by atoms with E-state index in [1.165, 1.54) is 11.1 Å². The summed E-state index contributed by atoms with van der Waals surface area (Å²) in [4.78, 5) is 3.36. The summed E-state index contributed by atoms with van der Waals surface area (Å²) >= 11 is 6.39. The van der Waals surface area contributed by atoms with Crippen LogP contribution in [0.1, 0.15) is 16.8 Å². The molecule has 0 spiro atoms. The zero-order valence-corrected chi connectivity index (χ0v) is 12.2. The van der Waals surface area contributed by atoms with Crippen molar-refractivity contribution in [1.29, 1.82) is 0 Å². The van der Waals surface area contributed by atoms with Crippen LogP contribution in [0.4, 0.5) is 0 Å². The van der Waals surface area contributed by atoms with Crippen LogP contribution in [0.25, 0.3) is 10.9 Å². The Kier molecular flexibility index (Phi) is 3.77. The Bertz CT molecular complexity index is 713. The molecule has 0 aliphatic rings. The summed E-state index contributed by atoms with van der Waals surface area (Å²) in [7, 11) is 0. The lowest BCUT2D eigenvalue weighted by Gasteiger charge is -2.04. The highest BCUT2D eigenvalue weighted by Crippen LogP contribution is 2.26. The highest BCUT2D eigenvalue weighted by Gasteiger charge is 2.08. The minimum atomic E-state index is 0.737. The number of H-pyrrole nitrogens is 1. The Morgan fingerprint density at radius 2 is 1.75 bits per heavy atom. The zero-order valence-electron chi connectivity index (χ0n) is 11.4. The van der Waals surface area contributed by atoms with Crippen LogP contribution in [0.15, 0.2) is 48.5 Å². The molecular formula is C17H17ClN2. The van der Waals surface area contributed by atoms with Gasteiger partial charge < -0.3 is 10.3 Å². The fourth-order valence-electron chi connectivity index (χ4n) is 2.32. The second kappa shape index (κ2) is 5.70. The van der Waals surface area contributed by atoms with E-state index in [1.54, 1.807) is 0 Å². The molecule has 0 bridgehead atoms. The molecular weight excluding hydrogens is 268 g/mol. The molecule has 0 saturated carbocycles. The smallest absolute Gasteiger partial charge is 0.0705 e. The molecule has 1 aromatic heterocycles. The number of aromatic nitrogens is 1. The number of hydrogen-bond acceptors (Lipinski definition) is 1. The minimum absolute atomic E-state index is 0.737. The molecule has 0 amide bonds. The van der Waals surface area contributed by atoms with Gasteiger partial charge in [0, 0.05) is 29.7 Å². The lowest BCUT2D eigenvalue weighted by molar-refractivity contribution is 0.683. The molecule has 0 fully saturated rings. The molecule has 3 aromatic rings. The first-order valence-electron chi connectivity index (χ1n) is 6.75. The maximum Gasteiger partial charge on any atom is 0.0705 e. The topological polar surface area (TPSA) is 27.8 Å². The number of para-hydroxylation sites is 1. The van der Waals surface area contributed by atoms with Gasteiger partial charge in [-0.2, -0.15) is 0 Å². The molecule has 0 aliphatic carbocycles. The maximum absolute atomic E-state index is 6.39. The van der Waals surface area contributed by atoms with E-state index in [0.717, 1.165) is 34.7 Å². The molecule has 20 heavy (non-hydrogen) atoms. The van der Waals surface area contributed by atoms with Gasteiger partial charge in [-0.05, 0) is 18.6 Å². The van der Waals surface area contributed by atoms with Crippen LogP contribution in [0.3, 0.4) is 0 Å². The van der Waals surface area contributed by atoms with Gasteiger partial charge in [-0.3, -0.25) is 0 Å². The SMILES string of the molecule is Cc1ccc(CNCc2[nH]c3ccccc3c2Cl)cc1. The Labute approximate surface area is 123 Å². The third kappa shape index (κ3) is 2.72. The van der Waals surface area contributed by atoms with Crippen molar-refractivity contribution in [3.8, 4) is 0 Å². The maximum atomic E-state index is 6.39. The second-order valence-corrected chi connectivity index (χ2v) is 5.43. The van der Waals surface area contributed by atoms with Crippen molar-refractivity contribution in [2.75, 3.05) is 0 Å². The molecule has 0 saturated heterocycles. The third-order valence-electron chi connectivity index (χ3n) is 3.47. The van der Waals surface area contributed by atoms with Crippen LogP contribution >= 0.6 is 11.6 Å². The number of fused-ring (bicyclic) bond motifs is 1. The average Bonchev–Trinajstić information content (AvgIpc) is 2.78. The summed E-state index contributed by atoms with van der Waals surface area (Å²) in [5, 5.41) is 5.32. The number of rotatable bonds is 4. The Balaban J connectivity index is 1.68. The lowest BCUT2D eigenvalue weighted by atomic mass is 10.1. The van der Waals surface area contributed by atoms with Gasteiger partial charge in [0.1, 0.15) is 0 Å². The number of nitrogens with one attached hydrogen (secondary N) is 2. The molecule has 0 atom stereocenters.